The lowest BCUT2D eigenvalue weighted by molar-refractivity contribution is -0.0296. The number of methoxy groups -OCH3 is 1. The third kappa shape index (κ3) is 3.47. The molecule has 4 aliphatic rings. The quantitative estimate of drug-likeness (QED) is 0.382. The van der Waals surface area contributed by atoms with Gasteiger partial charge in [0.1, 0.15) is 11.2 Å². The zero-order valence-corrected chi connectivity index (χ0v) is 22.6. The molecule has 3 aromatic heterocycles. The first-order valence-electron chi connectivity index (χ1n) is 13.8. The fraction of sp³-hybridized carbons (Fsp3) is 0.433. The number of aromatic nitrogens is 4. The lowest BCUT2D eigenvalue weighted by Crippen LogP contribution is -2.34. The van der Waals surface area contributed by atoms with Gasteiger partial charge in [0.05, 0.1) is 31.0 Å². The Morgan fingerprint density at radius 3 is 2.90 bits per heavy atom. The molecule has 40 heavy (non-hydrogen) atoms. The summed E-state index contributed by atoms with van der Waals surface area (Å²) in [6.07, 6.45) is 7.73. The molecule has 1 aromatic carbocycles. The van der Waals surface area contributed by atoms with Gasteiger partial charge in [-0.15, -0.1) is 5.10 Å². The van der Waals surface area contributed by atoms with Crippen LogP contribution in [-0.2, 0) is 24.0 Å². The van der Waals surface area contributed by atoms with Crippen LogP contribution in [0.4, 0.5) is 0 Å². The maximum Gasteiger partial charge on any atom is 0.241 e. The number of hydrogen-bond acceptors (Lipinski definition) is 8. The summed E-state index contributed by atoms with van der Waals surface area (Å²) in [6, 6.07) is 8.49. The normalized spacial score (nSPS) is 22.2. The molecule has 10 heteroatoms. The van der Waals surface area contributed by atoms with Gasteiger partial charge in [0.25, 0.3) is 0 Å². The SMILES string of the molecule is COc1nn(C)cc1-c1[nH]c2ncc3c(c2c1-c1ccc2c(c1)OCO2)[C@@]1(CCN(CC2(CC#N)CC2)C1)OC3. The number of nitrogens with zero attached hydrogens (tertiary/aromatic N) is 5. The molecular formula is C30H30N6O4. The van der Waals surface area contributed by atoms with Crippen LogP contribution in [0.25, 0.3) is 33.4 Å². The largest absolute Gasteiger partial charge is 0.479 e. The minimum atomic E-state index is -0.428. The van der Waals surface area contributed by atoms with E-state index in [9.17, 15) is 5.26 Å². The number of aryl methyl sites for hydroxylation is 1. The lowest BCUT2D eigenvalue weighted by atomic mass is 9.86. The van der Waals surface area contributed by atoms with Crippen LogP contribution >= 0.6 is 0 Å². The van der Waals surface area contributed by atoms with Gasteiger partial charge in [-0.25, -0.2) is 4.98 Å². The van der Waals surface area contributed by atoms with Crippen molar-refractivity contribution in [2.24, 2.45) is 12.5 Å². The van der Waals surface area contributed by atoms with E-state index >= 15 is 0 Å². The van der Waals surface area contributed by atoms with Gasteiger partial charge in [-0.1, -0.05) is 6.07 Å². The highest BCUT2D eigenvalue weighted by atomic mass is 16.7. The third-order valence-corrected chi connectivity index (χ3v) is 9.06. The number of likely N-dealkylation sites (tertiary alicyclic amines) is 1. The molecule has 0 unspecified atom stereocenters. The Kier molecular flexibility index (Phi) is 5.03. The van der Waals surface area contributed by atoms with E-state index in [1.165, 1.54) is 5.56 Å². The van der Waals surface area contributed by atoms with Crippen LogP contribution in [0.3, 0.4) is 0 Å². The average Bonchev–Trinajstić information content (AvgIpc) is 3.49. The number of aromatic amines is 1. The number of fused-ring (bicyclic) bond motifs is 5. The van der Waals surface area contributed by atoms with E-state index in [-0.39, 0.29) is 12.2 Å². The summed E-state index contributed by atoms with van der Waals surface area (Å²) in [6.45, 7) is 3.46. The molecule has 1 N–H and O–H groups in total. The summed E-state index contributed by atoms with van der Waals surface area (Å²) < 4.78 is 25.5. The summed E-state index contributed by atoms with van der Waals surface area (Å²) in [5.74, 6) is 2.00. The van der Waals surface area contributed by atoms with Crippen molar-refractivity contribution in [2.75, 3.05) is 33.5 Å². The Labute approximate surface area is 231 Å². The van der Waals surface area contributed by atoms with Gasteiger partial charge in [-0.2, -0.15) is 5.26 Å². The molecule has 6 heterocycles. The number of ether oxygens (including phenoxy) is 4. The second kappa shape index (κ2) is 8.46. The Bertz CT molecular complexity index is 1710. The molecule has 0 bridgehead atoms. The van der Waals surface area contributed by atoms with E-state index < -0.39 is 5.60 Å². The highest BCUT2D eigenvalue weighted by Crippen LogP contribution is 2.54. The molecule has 2 fully saturated rings. The number of pyridine rings is 1. The fourth-order valence-electron chi connectivity index (χ4n) is 6.97. The second-order valence-corrected chi connectivity index (χ2v) is 11.6. The van der Waals surface area contributed by atoms with Crippen molar-refractivity contribution in [3.05, 3.63) is 41.7 Å². The van der Waals surface area contributed by atoms with Crippen molar-refractivity contribution in [1.82, 2.24) is 24.6 Å². The molecule has 1 aliphatic carbocycles. The van der Waals surface area contributed by atoms with Gasteiger partial charge in [-0.3, -0.25) is 9.58 Å². The first-order valence-corrected chi connectivity index (χ1v) is 13.8. The predicted molar refractivity (Wildman–Crippen MR) is 146 cm³/mol. The van der Waals surface area contributed by atoms with Crippen LogP contribution in [-0.4, -0.2) is 58.2 Å². The van der Waals surface area contributed by atoms with Gasteiger partial charge >= 0.3 is 0 Å². The molecule has 1 spiro atoms. The molecule has 10 nitrogen and oxygen atoms in total. The van der Waals surface area contributed by atoms with Gasteiger partial charge in [0, 0.05) is 67.6 Å². The van der Waals surface area contributed by atoms with Crippen LogP contribution in [0.1, 0.15) is 36.8 Å². The van der Waals surface area contributed by atoms with E-state index in [1.807, 2.05) is 31.6 Å². The van der Waals surface area contributed by atoms with Crippen molar-refractivity contribution in [3.8, 4) is 45.8 Å². The topological polar surface area (TPSA) is 110 Å². The summed E-state index contributed by atoms with van der Waals surface area (Å²) in [4.78, 5) is 11.0. The lowest BCUT2D eigenvalue weighted by Gasteiger charge is -2.27. The summed E-state index contributed by atoms with van der Waals surface area (Å²) >= 11 is 0. The summed E-state index contributed by atoms with van der Waals surface area (Å²) in [5.41, 5.74) is 6.64. The van der Waals surface area contributed by atoms with Crippen molar-refractivity contribution in [1.29, 1.82) is 5.26 Å². The van der Waals surface area contributed by atoms with E-state index in [0.717, 1.165) is 89.4 Å². The monoisotopic (exact) mass is 538 g/mol. The molecule has 0 radical (unpaired) electrons. The van der Waals surface area contributed by atoms with Crippen molar-refractivity contribution >= 4 is 11.0 Å². The summed E-state index contributed by atoms with van der Waals surface area (Å²) in [7, 11) is 3.53. The average molecular weight is 539 g/mol. The van der Waals surface area contributed by atoms with Gasteiger partial charge in [-0.05, 0) is 42.4 Å². The highest BCUT2D eigenvalue weighted by Gasteiger charge is 2.51. The Balaban J connectivity index is 1.32. The number of nitriles is 1. The molecule has 1 saturated heterocycles. The predicted octanol–water partition coefficient (Wildman–Crippen LogP) is 4.49. The number of nitrogens with one attached hydrogen (secondary N) is 1. The molecule has 4 aromatic rings. The van der Waals surface area contributed by atoms with Gasteiger partial charge < -0.3 is 23.9 Å². The van der Waals surface area contributed by atoms with E-state index in [4.69, 9.17) is 23.9 Å². The van der Waals surface area contributed by atoms with Crippen molar-refractivity contribution in [2.45, 2.75) is 37.9 Å². The fourth-order valence-corrected chi connectivity index (χ4v) is 6.97. The maximum atomic E-state index is 9.37. The molecule has 1 saturated carbocycles. The van der Waals surface area contributed by atoms with Crippen LogP contribution in [0.5, 0.6) is 17.4 Å². The molecular weight excluding hydrogens is 508 g/mol. The highest BCUT2D eigenvalue weighted by molar-refractivity contribution is 6.06. The maximum absolute atomic E-state index is 9.37. The van der Waals surface area contributed by atoms with Crippen LogP contribution in [0, 0.1) is 16.7 Å². The molecule has 204 valence electrons. The van der Waals surface area contributed by atoms with Crippen molar-refractivity contribution in [3.63, 3.8) is 0 Å². The molecule has 1 atom stereocenters. The molecule has 8 rings (SSSR count). The minimum Gasteiger partial charge on any atom is -0.479 e. The van der Waals surface area contributed by atoms with Crippen LogP contribution in [0.2, 0.25) is 0 Å². The second-order valence-electron chi connectivity index (χ2n) is 11.6. The Hall–Kier alpha value is -4.07. The van der Waals surface area contributed by atoms with Crippen LogP contribution in [0.15, 0.2) is 30.6 Å². The standard InChI is InChI=1S/C30H30N6O4/c1-35-13-20(28(34-35)37-2)26-23(18-3-4-21-22(11-18)39-17-38-21)24-25-19(12-32-27(24)33-26)14-40-30(25)8-10-36(16-30)15-29(5-6-29)7-9-31/h3-4,11-13H,5-8,10,14-17H2,1-2H3,(H,32,33)/t30-/m0/s1. The van der Waals surface area contributed by atoms with E-state index in [1.54, 1.807) is 11.8 Å². The first-order chi connectivity index (χ1) is 19.5. The summed E-state index contributed by atoms with van der Waals surface area (Å²) in [5, 5.41) is 15.0. The zero-order valence-electron chi connectivity index (χ0n) is 22.6. The van der Waals surface area contributed by atoms with E-state index in [0.29, 0.717) is 18.9 Å². The smallest absolute Gasteiger partial charge is 0.241 e. The number of rotatable bonds is 6. The number of benzene rings is 1. The molecule has 0 amide bonds. The number of hydrogen-bond donors (Lipinski definition) is 1. The Morgan fingerprint density at radius 2 is 2.08 bits per heavy atom. The van der Waals surface area contributed by atoms with Crippen LogP contribution < -0.4 is 14.2 Å². The number of H-pyrrole nitrogens is 1. The van der Waals surface area contributed by atoms with Gasteiger partial charge in [0.2, 0.25) is 12.7 Å². The minimum absolute atomic E-state index is 0.158. The third-order valence-electron chi connectivity index (χ3n) is 9.06. The van der Waals surface area contributed by atoms with Gasteiger partial charge in [0.15, 0.2) is 11.5 Å². The van der Waals surface area contributed by atoms with Crippen molar-refractivity contribution < 1.29 is 18.9 Å². The molecule has 3 aliphatic heterocycles. The van der Waals surface area contributed by atoms with E-state index in [2.05, 4.69) is 27.1 Å². The Morgan fingerprint density at radius 1 is 1.20 bits per heavy atom. The zero-order chi connectivity index (χ0) is 27.1. The first kappa shape index (κ1) is 23.8.